The highest BCUT2D eigenvalue weighted by molar-refractivity contribution is 5.70. The normalized spacial score (nSPS) is 13.7. The number of unbranched alkanes of at least 4 members (excludes halogenated alkanes) is 26. The Morgan fingerprint density at radius 1 is 0.326 bits per heavy atom. The van der Waals surface area contributed by atoms with E-state index in [1.54, 1.807) is 0 Å². The molecule has 0 N–H and O–H groups in total. The minimum absolute atomic E-state index is 0.133. The van der Waals surface area contributed by atoms with E-state index in [2.05, 4.69) is 184 Å². The molecule has 0 spiro atoms. The number of allylic oxidation sites excluding steroid dienone is 28. The quantitative estimate of drug-likeness (QED) is 0.0195. The predicted molar refractivity (Wildman–Crippen MR) is 407 cm³/mol. The number of carboxylic acid groups (broad SMARTS) is 1. The lowest BCUT2D eigenvalue weighted by Crippen LogP contribution is -2.44. The van der Waals surface area contributed by atoms with Crippen LogP contribution in [0.2, 0.25) is 0 Å². The van der Waals surface area contributed by atoms with Crippen molar-refractivity contribution in [2.45, 2.75) is 309 Å². The number of aliphatic carboxylic acids is 1. The Labute approximate surface area is 584 Å². The van der Waals surface area contributed by atoms with Crippen LogP contribution in [0.3, 0.4) is 0 Å². The maximum atomic E-state index is 12.9. The Morgan fingerprint density at radius 3 is 0.905 bits per heavy atom. The topological polar surface area (TPSA) is 111 Å². The summed E-state index contributed by atoms with van der Waals surface area (Å²) < 4.78 is 22.8. The first-order chi connectivity index (χ1) is 46.6. The van der Waals surface area contributed by atoms with Crippen molar-refractivity contribution < 1.29 is 42.9 Å². The number of nitrogens with zero attached hydrogens (tertiary/aromatic N) is 1. The summed E-state index contributed by atoms with van der Waals surface area (Å²) in [4.78, 5) is 37.6. The molecule has 0 radical (unpaired) electrons. The maximum Gasteiger partial charge on any atom is 0.306 e. The summed E-state index contributed by atoms with van der Waals surface area (Å²) in [5.41, 5.74) is 0. The molecule has 0 saturated carbocycles. The standard InChI is InChI=1S/C86H141NO8/c1-6-8-10-12-14-16-18-20-22-24-26-28-30-32-34-36-38-40-41-42-43-45-47-49-51-53-55-57-59-61-63-65-67-69-71-73-75-77-84(89)95-82(81-94-86(85(90)91)92-79-78-87(3,4)5)80-93-83(88)76-74-72-70-68-66-64-62-60-58-56-54-52-50-48-46-44-39-37-35-33-31-29-27-25-23-21-19-17-15-13-11-9-7-2/h8,10,14,16,19-22,25-28,31-34,38,40,42-43,47,49,53,55,59,61,65,67,82,86H,6-7,9,11-13,15,17-18,23-24,29-30,35-37,39,41,44-46,48,50-52,54,56-58,60,62-64,66,68-81H2,1-5H3/b10-8-,16-14-,21-19-,22-20-,27-25-,28-26-,33-31-,34-32-,40-38-,43-42-,49-47-,55-53-,61-59-,67-65-. The summed E-state index contributed by atoms with van der Waals surface area (Å²) in [7, 11) is 5.91. The van der Waals surface area contributed by atoms with Crippen molar-refractivity contribution in [3.8, 4) is 0 Å². The van der Waals surface area contributed by atoms with Gasteiger partial charge in [0, 0.05) is 12.8 Å². The SMILES string of the molecule is CC/C=C\C/C=C\C/C=C\C/C=C\C/C=C\C/C=C\C/C=C\C/C=C\C/C=C\C/C=C\C/C=C\CCCCCC(=O)OC(COC(=O)CCCCCCCCCCCCCCCCCCCC/C=C\C/C=C\C/C=C\CCCCCCC)COC(OCC[N+](C)(C)C)C(=O)[O-]. The molecule has 0 aromatic carbocycles. The van der Waals surface area contributed by atoms with Crippen LogP contribution in [0.4, 0.5) is 0 Å². The molecule has 0 aliphatic rings. The molecule has 9 heteroatoms. The van der Waals surface area contributed by atoms with E-state index in [0.29, 0.717) is 17.4 Å². The van der Waals surface area contributed by atoms with Crippen LogP contribution in [0.15, 0.2) is 170 Å². The van der Waals surface area contributed by atoms with Crippen molar-refractivity contribution in [2.75, 3.05) is 47.5 Å². The number of carbonyl (C=O) groups excluding carboxylic acids is 3. The van der Waals surface area contributed by atoms with Gasteiger partial charge in [0.15, 0.2) is 12.4 Å². The molecule has 0 heterocycles. The van der Waals surface area contributed by atoms with Crippen molar-refractivity contribution >= 4 is 17.9 Å². The lowest BCUT2D eigenvalue weighted by molar-refractivity contribution is -0.870. The van der Waals surface area contributed by atoms with E-state index in [-0.39, 0.29) is 38.6 Å². The number of rotatable bonds is 69. The van der Waals surface area contributed by atoms with Crippen molar-refractivity contribution in [2.24, 2.45) is 0 Å². The van der Waals surface area contributed by atoms with Crippen LogP contribution in [0.5, 0.6) is 0 Å². The van der Waals surface area contributed by atoms with Crippen LogP contribution in [0, 0.1) is 0 Å². The third-order valence-electron chi connectivity index (χ3n) is 15.9. The van der Waals surface area contributed by atoms with Gasteiger partial charge in [-0.25, -0.2) is 0 Å². The number of hydrogen-bond acceptors (Lipinski definition) is 8. The number of esters is 2. The summed E-state index contributed by atoms with van der Waals surface area (Å²) in [6.07, 6.45) is 109. The fourth-order valence-electron chi connectivity index (χ4n) is 10.1. The molecule has 0 saturated heterocycles. The van der Waals surface area contributed by atoms with Gasteiger partial charge in [0.2, 0.25) is 0 Å². The second-order valence-electron chi connectivity index (χ2n) is 26.2. The van der Waals surface area contributed by atoms with E-state index in [4.69, 9.17) is 18.9 Å². The molecule has 538 valence electrons. The number of ether oxygens (including phenoxy) is 4. The van der Waals surface area contributed by atoms with Gasteiger partial charge >= 0.3 is 11.9 Å². The van der Waals surface area contributed by atoms with E-state index < -0.39 is 24.3 Å². The van der Waals surface area contributed by atoms with Gasteiger partial charge in [-0.15, -0.1) is 0 Å². The van der Waals surface area contributed by atoms with Gasteiger partial charge in [-0.3, -0.25) is 9.59 Å². The van der Waals surface area contributed by atoms with Gasteiger partial charge in [-0.1, -0.05) is 319 Å². The van der Waals surface area contributed by atoms with Crippen LogP contribution in [-0.4, -0.2) is 82.3 Å². The van der Waals surface area contributed by atoms with Crippen LogP contribution in [-0.2, 0) is 33.3 Å². The molecule has 9 nitrogen and oxygen atoms in total. The number of carbonyl (C=O) groups is 3. The third-order valence-corrected chi connectivity index (χ3v) is 15.9. The molecule has 0 aromatic heterocycles. The minimum atomic E-state index is -1.64. The molecule has 0 bridgehead atoms. The lowest BCUT2D eigenvalue weighted by Gasteiger charge is -2.26. The van der Waals surface area contributed by atoms with Gasteiger partial charge in [0.25, 0.3) is 0 Å². The highest BCUT2D eigenvalue weighted by Gasteiger charge is 2.22. The highest BCUT2D eigenvalue weighted by Crippen LogP contribution is 2.17. The molecule has 95 heavy (non-hydrogen) atoms. The summed E-state index contributed by atoms with van der Waals surface area (Å²) in [6.45, 7) is 4.58. The molecule has 0 fully saturated rings. The van der Waals surface area contributed by atoms with Crippen LogP contribution in [0.1, 0.15) is 296 Å². The Kier molecular flexibility index (Phi) is 70.2. The summed E-state index contributed by atoms with van der Waals surface area (Å²) in [5.74, 6) is -2.34. The van der Waals surface area contributed by atoms with Gasteiger partial charge in [-0.2, -0.15) is 0 Å². The Morgan fingerprint density at radius 2 is 0.600 bits per heavy atom. The lowest BCUT2D eigenvalue weighted by atomic mass is 10.0. The Hall–Kier alpha value is -5.35. The second-order valence-corrected chi connectivity index (χ2v) is 26.2. The van der Waals surface area contributed by atoms with Gasteiger partial charge in [0.05, 0.1) is 40.3 Å². The molecule has 0 aromatic rings. The largest absolute Gasteiger partial charge is 0.545 e. The Balaban J connectivity index is 4.19. The van der Waals surface area contributed by atoms with Crippen LogP contribution in [0.25, 0.3) is 0 Å². The smallest absolute Gasteiger partial charge is 0.306 e. The van der Waals surface area contributed by atoms with Gasteiger partial charge < -0.3 is 33.3 Å². The van der Waals surface area contributed by atoms with Gasteiger partial charge in [-0.05, 0) is 135 Å². The number of quaternary nitrogens is 1. The van der Waals surface area contributed by atoms with E-state index in [0.717, 1.165) is 122 Å². The molecule has 0 aliphatic carbocycles. The number of likely N-dealkylation sites (N-methyl/N-ethyl adjacent to an activating group) is 1. The van der Waals surface area contributed by atoms with Crippen molar-refractivity contribution in [3.05, 3.63) is 170 Å². The molecule has 0 aliphatic heterocycles. The monoisotopic (exact) mass is 1320 g/mol. The van der Waals surface area contributed by atoms with Gasteiger partial charge in [0.1, 0.15) is 13.2 Å². The summed E-state index contributed by atoms with van der Waals surface area (Å²) >= 11 is 0. The van der Waals surface area contributed by atoms with E-state index in [1.807, 2.05) is 21.1 Å². The fourth-order valence-corrected chi connectivity index (χ4v) is 10.1. The van der Waals surface area contributed by atoms with Crippen molar-refractivity contribution in [1.29, 1.82) is 0 Å². The maximum absolute atomic E-state index is 12.9. The first-order valence-corrected chi connectivity index (χ1v) is 38.3. The zero-order valence-corrected chi connectivity index (χ0v) is 61.5. The molecule has 2 unspecified atom stereocenters. The molecule has 0 amide bonds. The van der Waals surface area contributed by atoms with Crippen molar-refractivity contribution in [3.63, 3.8) is 0 Å². The summed E-state index contributed by atoms with van der Waals surface area (Å²) in [5, 5.41) is 11.8. The highest BCUT2D eigenvalue weighted by atomic mass is 16.7. The van der Waals surface area contributed by atoms with Crippen LogP contribution < -0.4 is 5.11 Å². The first-order valence-electron chi connectivity index (χ1n) is 38.3. The van der Waals surface area contributed by atoms with Crippen LogP contribution >= 0.6 is 0 Å². The number of carboxylic acids is 1. The van der Waals surface area contributed by atoms with E-state index in [9.17, 15) is 19.5 Å². The Bertz CT molecular complexity index is 2170. The third kappa shape index (κ3) is 75.9. The van der Waals surface area contributed by atoms with E-state index >= 15 is 0 Å². The average Bonchev–Trinajstić information content (AvgIpc) is 3.75. The zero-order valence-electron chi connectivity index (χ0n) is 61.5. The molecular formula is C86H141NO8. The molecule has 0 rings (SSSR count). The van der Waals surface area contributed by atoms with E-state index in [1.165, 1.54) is 141 Å². The molecular weight excluding hydrogens is 1170 g/mol. The fraction of sp³-hybridized carbons (Fsp3) is 0.640. The van der Waals surface area contributed by atoms with Crippen molar-refractivity contribution in [1.82, 2.24) is 0 Å². The zero-order chi connectivity index (χ0) is 69.0. The second kappa shape index (κ2) is 74.4. The first kappa shape index (κ1) is 89.6. The number of hydrogen-bond donors (Lipinski definition) is 0. The average molecular weight is 1320 g/mol. The summed E-state index contributed by atoms with van der Waals surface area (Å²) in [6, 6.07) is 0. The molecule has 2 atom stereocenters. The predicted octanol–water partition coefficient (Wildman–Crippen LogP) is 23.2. The minimum Gasteiger partial charge on any atom is -0.545 e.